The van der Waals surface area contributed by atoms with Crippen LogP contribution in [-0.2, 0) is 11.8 Å². The Bertz CT molecular complexity index is 1250. The Hall–Kier alpha value is -3.20. The number of nitrogens with zero attached hydrogens (tertiary/aromatic N) is 3. The highest BCUT2D eigenvalue weighted by atomic mass is 32.1. The minimum Gasteiger partial charge on any atom is -0.477 e. The fraction of sp³-hybridized carbons (Fsp3) is 0.500. The number of aryl methyl sites for hydroxylation is 2. The van der Waals surface area contributed by atoms with E-state index in [1.807, 2.05) is 45.1 Å². The lowest BCUT2D eigenvalue weighted by molar-refractivity contribution is -0.123. The number of carboxylic acids is 1. The molecule has 1 unspecified atom stereocenters. The molecule has 2 N–H and O–H groups in total. The average molecular weight is 525 g/mol. The van der Waals surface area contributed by atoms with Crippen LogP contribution in [0.3, 0.4) is 0 Å². The number of nitrogens with one attached hydrogen (secondary N) is 1. The first kappa shape index (κ1) is 26.9. The summed E-state index contributed by atoms with van der Waals surface area (Å²) in [5.74, 6) is -0.630. The molecule has 2 aliphatic carbocycles. The number of carbonyl (C=O) groups excluding carboxylic acids is 2. The number of aromatic nitrogens is 2. The number of aromatic carboxylic acids is 1. The Morgan fingerprint density at radius 3 is 2.43 bits per heavy atom. The van der Waals surface area contributed by atoms with Crippen molar-refractivity contribution in [2.45, 2.75) is 71.9 Å². The second-order valence-corrected chi connectivity index (χ2v) is 11.6. The van der Waals surface area contributed by atoms with Crippen LogP contribution >= 0.6 is 11.3 Å². The highest BCUT2D eigenvalue weighted by Crippen LogP contribution is 2.39. The summed E-state index contributed by atoms with van der Waals surface area (Å²) in [4.78, 5) is 41.1. The highest BCUT2D eigenvalue weighted by Gasteiger charge is 2.33. The van der Waals surface area contributed by atoms with Crippen molar-refractivity contribution in [3.63, 3.8) is 0 Å². The zero-order chi connectivity index (χ0) is 26.9. The van der Waals surface area contributed by atoms with Gasteiger partial charge in [0, 0.05) is 23.9 Å². The number of carbonyl (C=O) groups is 3. The van der Waals surface area contributed by atoms with Crippen LogP contribution in [0.4, 0.5) is 5.69 Å². The number of hydrogen-bond acceptors (Lipinski definition) is 5. The first-order valence-electron chi connectivity index (χ1n) is 13.0. The molecule has 1 atom stereocenters. The Balaban J connectivity index is 1.52. The van der Waals surface area contributed by atoms with Crippen LogP contribution < -0.4 is 10.2 Å². The van der Waals surface area contributed by atoms with Crippen molar-refractivity contribution >= 4 is 40.4 Å². The van der Waals surface area contributed by atoms with Crippen LogP contribution in [0.2, 0.25) is 0 Å². The van der Waals surface area contributed by atoms with Crippen LogP contribution in [0.25, 0.3) is 5.57 Å². The lowest BCUT2D eigenvalue weighted by Crippen LogP contribution is -2.42. The van der Waals surface area contributed by atoms with Crippen molar-refractivity contribution in [2.24, 2.45) is 18.9 Å². The van der Waals surface area contributed by atoms with E-state index in [-0.39, 0.29) is 34.7 Å². The molecule has 0 radical (unpaired) electrons. The molecular weight excluding hydrogens is 488 g/mol. The smallest absolute Gasteiger partial charge is 0.348 e. The Labute approximate surface area is 222 Å². The third kappa shape index (κ3) is 5.87. The van der Waals surface area contributed by atoms with E-state index in [1.165, 1.54) is 11.3 Å². The molecule has 8 nitrogen and oxygen atoms in total. The molecule has 198 valence electrons. The van der Waals surface area contributed by atoms with Gasteiger partial charge in [-0.25, -0.2) is 4.79 Å². The molecule has 1 saturated carbocycles. The molecule has 2 amide bonds. The molecule has 0 spiro atoms. The highest BCUT2D eigenvalue weighted by molar-refractivity contribution is 7.15. The van der Waals surface area contributed by atoms with E-state index in [9.17, 15) is 19.5 Å². The van der Waals surface area contributed by atoms with Crippen LogP contribution in [-0.4, -0.2) is 44.8 Å². The fourth-order valence-corrected chi connectivity index (χ4v) is 6.20. The Morgan fingerprint density at radius 2 is 1.89 bits per heavy atom. The standard InChI is InChI=1S/C28H36N4O4S/c1-16(2)32(27(34)20-8-6-17(3)7-9-20)22-15-24(37-25(22)28(35)36)19-10-12-21(13-11-19)29-26(33)23-14-18(4)30-31(23)5/h10-12,14-17,20-21H,6-9,13H2,1-5H3,(H,29,33)(H,35,36)/t17-,20-,21?. The largest absolute Gasteiger partial charge is 0.477 e. The number of thiophene rings is 1. The van der Waals surface area contributed by atoms with Gasteiger partial charge in [0.2, 0.25) is 5.91 Å². The molecule has 0 bridgehead atoms. The molecule has 2 aliphatic rings. The molecule has 2 aromatic rings. The van der Waals surface area contributed by atoms with E-state index in [2.05, 4.69) is 17.3 Å². The van der Waals surface area contributed by atoms with Gasteiger partial charge in [0.15, 0.2) is 0 Å². The van der Waals surface area contributed by atoms with Crippen LogP contribution in [0.5, 0.6) is 0 Å². The predicted octanol–water partition coefficient (Wildman–Crippen LogP) is 5.20. The number of amides is 2. The number of anilines is 1. The van der Waals surface area contributed by atoms with Gasteiger partial charge in [0.1, 0.15) is 10.6 Å². The molecule has 0 aromatic carbocycles. The average Bonchev–Trinajstić information content (AvgIpc) is 3.43. The van der Waals surface area contributed by atoms with Gasteiger partial charge in [0.05, 0.1) is 17.4 Å². The second-order valence-electron chi connectivity index (χ2n) is 10.5. The zero-order valence-corrected chi connectivity index (χ0v) is 23.0. The summed E-state index contributed by atoms with van der Waals surface area (Å²) in [5.41, 5.74) is 2.65. The lowest BCUT2D eigenvalue weighted by atomic mass is 9.82. The van der Waals surface area contributed by atoms with Crippen LogP contribution in [0.15, 0.2) is 30.4 Å². The van der Waals surface area contributed by atoms with Crippen molar-refractivity contribution in [1.82, 2.24) is 15.1 Å². The fourth-order valence-electron chi connectivity index (χ4n) is 5.19. The van der Waals surface area contributed by atoms with E-state index in [1.54, 1.807) is 22.7 Å². The third-order valence-corrected chi connectivity index (χ3v) is 8.38. The quantitative estimate of drug-likeness (QED) is 0.518. The summed E-state index contributed by atoms with van der Waals surface area (Å²) in [6.07, 6.45) is 10.2. The van der Waals surface area contributed by atoms with Crippen LogP contribution in [0.1, 0.15) is 83.6 Å². The molecule has 9 heteroatoms. The van der Waals surface area contributed by atoms with Gasteiger partial charge in [-0.2, -0.15) is 5.10 Å². The Morgan fingerprint density at radius 1 is 1.19 bits per heavy atom. The van der Waals surface area contributed by atoms with E-state index >= 15 is 0 Å². The summed E-state index contributed by atoms with van der Waals surface area (Å²) >= 11 is 1.19. The van der Waals surface area contributed by atoms with Crippen molar-refractivity contribution in [1.29, 1.82) is 0 Å². The summed E-state index contributed by atoms with van der Waals surface area (Å²) in [6.45, 7) is 7.93. The molecule has 1 fully saturated rings. The van der Waals surface area contributed by atoms with E-state index in [0.717, 1.165) is 41.8 Å². The lowest BCUT2D eigenvalue weighted by Gasteiger charge is -2.33. The first-order valence-corrected chi connectivity index (χ1v) is 13.8. The Kier molecular flexibility index (Phi) is 8.02. The predicted molar refractivity (Wildman–Crippen MR) is 146 cm³/mol. The topological polar surface area (TPSA) is 105 Å². The minimum atomic E-state index is -1.03. The number of allylic oxidation sites excluding steroid dienone is 2. The molecular formula is C28H36N4O4S. The number of hydrogen-bond donors (Lipinski definition) is 2. The van der Waals surface area contributed by atoms with Crippen molar-refractivity contribution < 1.29 is 19.5 Å². The van der Waals surface area contributed by atoms with E-state index in [0.29, 0.717) is 23.7 Å². The normalized spacial score (nSPS) is 21.6. The summed E-state index contributed by atoms with van der Waals surface area (Å²) < 4.78 is 1.56. The maximum absolute atomic E-state index is 13.6. The second kappa shape index (κ2) is 11.0. The maximum Gasteiger partial charge on any atom is 0.348 e. The number of rotatable bonds is 7. The van der Waals surface area contributed by atoms with E-state index < -0.39 is 5.97 Å². The van der Waals surface area contributed by atoms with Gasteiger partial charge in [-0.1, -0.05) is 25.2 Å². The summed E-state index contributed by atoms with van der Waals surface area (Å²) in [5, 5.41) is 17.2. The molecule has 0 saturated heterocycles. The van der Waals surface area contributed by atoms with Crippen LogP contribution in [0, 0.1) is 18.8 Å². The molecule has 37 heavy (non-hydrogen) atoms. The third-order valence-electron chi connectivity index (χ3n) is 7.22. The SMILES string of the molecule is Cc1cc(C(=O)NC2C=CC(c3cc(N(C(=O)[C@H]4CC[C@H](C)CC4)C(C)C)c(C(=O)O)s3)=CC2)n(C)n1. The van der Waals surface area contributed by atoms with Gasteiger partial charge in [-0.05, 0) is 76.5 Å². The molecule has 0 aliphatic heterocycles. The molecule has 2 heterocycles. The van der Waals surface area contributed by atoms with Crippen molar-refractivity contribution in [3.8, 4) is 0 Å². The number of carboxylic acid groups (broad SMARTS) is 1. The monoisotopic (exact) mass is 524 g/mol. The minimum absolute atomic E-state index is 0.0232. The summed E-state index contributed by atoms with van der Waals surface area (Å²) in [7, 11) is 1.74. The molecule has 4 rings (SSSR count). The first-order chi connectivity index (χ1) is 17.5. The van der Waals surface area contributed by atoms with Gasteiger partial charge in [-0.15, -0.1) is 11.3 Å². The van der Waals surface area contributed by atoms with Crippen molar-refractivity contribution in [2.75, 3.05) is 4.90 Å². The van der Waals surface area contributed by atoms with Gasteiger partial charge in [0.25, 0.3) is 5.91 Å². The van der Waals surface area contributed by atoms with Gasteiger partial charge in [-0.3, -0.25) is 14.3 Å². The summed E-state index contributed by atoms with van der Waals surface area (Å²) in [6, 6.07) is 3.26. The van der Waals surface area contributed by atoms with Gasteiger partial charge < -0.3 is 15.3 Å². The molecule has 2 aromatic heterocycles. The zero-order valence-electron chi connectivity index (χ0n) is 22.2. The van der Waals surface area contributed by atoms with E-state index in [4.69, 9.17) is 0 Å². The maximum atomic E-state index is 13.6. The van der Waals surface area contributed by atoms with Gasteiger partial charge >= 0.3 is 5.97 Å². The van der Waals surface area contributed by atoms with Crippen molar-refractivity contribution in [3.05, 3.63) is 51.5 Å².